The number of nitrogens with zero attached hydrogens (tertiary/aromatic N) is 1. The number of ether oxygens (including phenoxy) is 1. The molecule has 3 rings (SSSR count). The molecule has 0 bridgehead atoms. The van der Waals surface area contributed by atoms with Gasteiger partial charge in [0.15, 0.2) is 0 Å². The van der Waals surface area contributed by atoms with Crippen LogP contribution in [0.25, 0.3) is 0 Å². The van der Waals surface area contributed by atoms with Crippen LogP contribution < -0.4 is 15.0 Å². The summed E-state index contributed by atoms with van der Waals surface area (Å²) in [6.07, 6.45) is 0.651. The number of carbonyl (C=O) groups excluding carboxylic acids is 2. The van der Waals surface area contributed by atoms with Crippen LogP contribution in [0.1, 0.15) is 24.9 Å². The van der Waals surface area contributed by atoms with Crippen LogP contribution in [0.15, 0.2) is 48.5 Å². The number of hydrogen-bond acceptors (Lipinski definition) is 3. The van der Waals surface area contributed by atoms with E-state index >= 15 is 0 Å². The molecule has 0 spiro atoms. The molecule has 0 radical (unpaired) electrons. The highest BCUT2D eigenvalue weighted by Gasteiger charge is 2.37. The van der Waals surface area contributed by atoms with E-state index in [9.17, 15) is 9.59 Å². The van der Waals surface area contributed by atoms with Gasteiger partial charge in [0.05, 0.1) is 11.6 Å². The molecular formula is C19H19ClN2O3. The number of para-hydroxylation sites is 2. The Bertz CT molecular complexity index is 794. The maximum atomic E-state index is 12.7. The Hall–Kier alpha value is -2.53. The van der Waals surface area contributed by atoms with E-state index in [1.165, 1.54) is 6.92 Å². The van der Waals surface area contributed by atoms with Crippen molar-refractivity contribution < 1.29 is 14.3 Å². The molecule has 2 amide bonds. The van der Waals surface area contributed by atoms with Crippen LogP contribution in [-0.4, -0.2) is 25.0 Å². The van der Waals surface area contributed by atoms with Gasteiger partial charge >= 0.3 is 0 Å². The zero-order valence-electron chi connectivity index (χ0n) is 13.9. The molecule has 1 aliphatic rings. The Balaban J connectivity index is 1.63. The summed E-state index contributed by atoms with van der Waals surface area (Å²) in [5.74, 6) is 0.291. The van der Waals surface area contributed by atoms with Gasteiger partial charge in [-0.15, -0.1) is 0 Å². The topological polar surface area (TPSA) is 58.6 Å². The average Bonchev–Trinajstić information content (AvgIpc) is 2.85. The quantitative estimate of drug-likeness (QED) is 0.806. The highest BCUT2D eigenvalue weighted by molar-refractivity contribution is 6.32. The molecular weight excluding hydrogens is 340 g/mol. The van der Waals surface area contributed by atoms with E-state index in [-0.39, 0.29) is 11.8 Å². The number of carbonyl (C=O) groups is 2. The Morgan fingerprint density at radius 2 is 1.92 bits per heavy atom. The fraction of sp³-hybridized carbons (Fsp3) is 0.263. The van der Waals surface area contributed by atoms with E-state index in [0.717, 1.165) is 11.3 Å². The summed E-state index contributed by atoms with van der Waals surface area (Å²) >= 11 is 6.06. The first-order valence-electron chi connectivity index (χ1n) is 8.12. The molecule has 0 aromatic heterocycles. The minimum atomic E-state index is -0.613. The second-order valence-corrected chi connectivity index (χ2v) is 6.22. The van der Waals surface area contributed by atoms with E-state index < -0.39 is 6.04 Å². The summed E-state index contributed by atoms with van der Waals surface area (Å²) in [5.41, 5.74) is 1.67. The molecule has 0 saturated carbocycles. The van der Waals surface area contributed by atoms with Gasteiger partial charge in [-0.2, -0.15) is 0 Å². The molecule has 1 atom stereocenters. The van der Waals surface area contributed by atoms with Crippen molar-refractivity contribution in [2.45, 2.75) is 19.4 Å². The average molecular weight is 359 g/mol. The highest BCUT2D eigenvalue weighted by Crippen LogP contribution is 2.35. The van der Waals surface area contributed by atoms with Crippen LogP contribution in [0.3, 0.4) is 0 Å². The summed E-state index contributed by atoms with van der Waals surface area (Å²) in [5, 5.41) is 3.29. The van der Waals surface area contributed by atoms with Crippen LogP contribution in [0.4, 0.5) is 5.69 Å². The zero-order valence-corrected chi connectivity index (χ0v) is 14.6. The first-order chi connectivity index (χ1) is 12.1. The predicted molar refractivity (Wildman–Crippen MR) is 96.9 cm³/mol. The Morgan fingerprint density at radius 3 is 2.68 bits per heavy atom. The fourth-order valence-corrected chi connectivity index (χ4v) is 3.12. The Labute approximate surface area is 151 Å². The van der Waals surface area contributed by atoms with Gasteiger partial charge in [0.2, 0.25) is 5.91 Å². The summed E-state index contributed by atoms with van der Waals surface area (Å²) < 4.78 is 5.67. The van der Waals surface area contributed by atoms with Gasteiger partial charge < -0.3 is 15.0 Å². The third-order valence-electron chi connectivity index (χ3n) is 4.02. The van der Waals surface area contributed by atoms with Crippen molar-refractivity contribution in [3.8, 4) is 5.75 Å². The van der Waals surface area contributed by atoms with Crippen LogP contribution in [0.5, 0.6) is 5.75 Å². The van der Waals surface area contributed by atoms with Crippen molar-refractivity contribution in [3.05, 3.63) is 59.1 Å². The number of rotatable bonds is 6. The summed E-state index contributed by atoms with van der Waals surface area (Å²) in [7, 11) is 0. The van der Waals surface area contributed by atoms with Gasteiger partial charge in [-0.05, 0) is 24.6 Å². The first-order valence-corrected chi connectivity index (χ1v) is 8.50. The molecule has 6 heteroatoms. The number of fused-ring (bicyclic) bond motifs is 1. The molecule has 1 heterocycles. The maximum Gasteiger partial charge on any atom is 0.254 e. The second kappa shape index (κ2) is 7.57. The number of anilines is 1. The molecule has 0 saturated heterocycles. The molecule has 0 aliphatic carbocycles. The third-order valence-corrected chi connectivity index (χ3v) is 4.33. The van der Waals surface area contributed by atoms with Crippen molar-refractivity contribution in [2.24, 2.45) is 0 Å². The van der Waals surface area contributed by atoms with Gasteiger partial charge in [-0.3, -0.25) is 9.59 Å². The second-order valence-electron chi connectivity index (χ2n) is 5.81. The largest absolute Gasteiger partial charge is 0.492 e. The lowest BCUT2D eigenvalue weighted by molar-refractivity contribution is -0.126. The standard InChI is InChI=1S/C19H19ClN2O3/c1-13(23)21-18-14-7-2-4-9-16(14)22(19(18)24)11-6-12-25-17-10-5-3-8-15(17)20/h2-5,7-10,18H,6,11-12H2,1H3,(H,21,23)/t18-/m0/s1. The number of hydrogen-bond donors (Lipinski definition) is 1. The van der Waals surface area contributed by atoms with E-state index in [2.05, 4.69) is 5.32 Å². The lowest BCUT2D eigenvalue weighted by atomic mass is 10.1. The van der Waals surface area contributed by atoms with E-state index in [0.29, 0.717) is 30.3 Å². The SMILES string of the molecule is CC(=O)N[C@@H]1C(=O)N(CCCOc2ccccc2Cl)c2ccccc21. The molecule has 130 valence electrons. The van der Waals surface area contributed by atoms with Crippen molar-refractivity contribution >= 4 is 29.1 Å². The summed E-state index contributed by atoms with van der Waals surface area (Å²) in [6, 6.07) is 14.2. The van der Waals surface area contributed by atoms with Gasteiger partial charge in [0.1, 0.15) is 11.8 Å². The van der Waals surface area contributed by atoms with Crippen molar-refractivity contribution in [2.75, 3.05) is 18.1 Å². The molecule has 0 fully saturated rings. The molecule has 2 aromatic rings. The fourth-order valence-electron chi connectivity index (χ4n) is 2.93. The molecule has 1 aliphatic heterocycles. The smallest absolute Gasteiger partial charge is 0.254 e. The van der Waals surface area contributed by atoms with Gasteiger partial charge in [0.25, 0.3) is 5.91 Å². The zero-order chi connectivity index (χ0) is 17.8. The normalized spacial score (nSPS) is 15.8. The Morgan fingerprint density at radius 1 is 1.20 bits per heavy atom. The van der Waals surface area contributed by atoms with Crippen LogP contribution in [0, 0.1) is 0 Å². The number of amides is 2. The van der Waals surface area contributed by atoms with E-state index in [1.807, 2.05) is 42.5 Å². The van der Waals surface area contributed by atoms with Crippen LogP contribution in [0.2, 0.25) is 5.02 Å². The lowest BCUT2D eigenvalue weighted by Gasteiger charge is -2.18. The van der Waals surface area contributed by atoms with Crippen LogP contribution in [-0.2, 0) is 9.59 Å². The number of nitrogens with one attached hydrogen (secondary N) is 1. The van der Waals surface area contributed by atoms with E-state index in [4.69, 9.17) is 16.3 Å². The van der Waals surface area contributed by atoms with Crippen LogP contribution >= 0.6 is 11.6 Å². The molecule has 0 unspecified atom stereocenters. The molecule has 5 nitrogen and oxygen atoms in total. The monoisotopic (exact) mass is 358 g/mol. The predicted octanol–water partition coefficient (Wildman–Crippen LogP) is 3.33. The number of halogens is 1. The third kappa shape index (κ3) is 3.77. The highest BCUT2D eigenvalue weighted by atomic mass is 35.5. The van der Waals surface area contributed by atoms with Gasteiger partial charge in [-0.25, -0.2) is 0 Å². The molecule has 25 heavy (non-hydrogen) atoms. The van der Waals surface area contributed by atoms with Crippen molar-refractivity contribution in [3.63, 3.8) is 0 Å². The Kier molecular flexibility index (Phi) is 5.24. The maximum absolute atomic E-state index is 12.7. The van der Waals surface area contributed by atoms with Crippen molar-refractivity contribution in [1.29, 1.82) is 0 Å². The molecule has 2 aromatic carbocycles. The van der Waals surface area contributed by atoms with Crippen molar-refractivity contribution in [1.82, 2.24) is 5.32 Å². The number of benzene rings is 2. The molecule has 1 N–H and O–H groups in total. The lowest BCUT2D eigenvalue weighted by Crippen LogP contribution is -2.37. The van der Waals surface area contributed by atoms with E-state index in [1.54, 1.807) is 11.0 Å². The van der Waals surface area contributed by atoms with Gasteiger partial charge in [0, 0.05) is 24.7 Å². The minimum Gasteiger partial charge on any atom is -0.492 e. The van der Waals surface area contributed by atoms with Gasteiger partial charge in [-0.1, -0.05) is 41.9 Å². The summed E-state index contributed by atoms with van der Waals surface area (Å²) in [4.78, 5) is 25.8. The summed E-state index contributed by atoms with van der Waals surface area (Å²) in [6.45, 7) is 2.37. The first kappa shape index (κ1) is 17.3. The minimum absolute atomic E-state index is 0.117.